The molecule has 1 saturated heterocycles. The topological polar surface area (TPSA) is 40.6 Å². The molecule has 0 aromatic carbocycles. The molecule has 1 atom stereocenters. The Kier molecular flexibility index (Phi) is 3.38. The molecule has 1 aliphatic carbocycles. The van der Waals surface area contributed by atoms with Gasteiger partial charge >= 0.3 is 0 Å². The van der Waals surface area contributed by atoms with Crippen molar-refractivity contribution in [1.82, 2.24) is 9.80 Å². The van der Waals surface area contributed by atoms with Crippen LogP contribution in [0.15, 0.2) is 0 Å². The highest BCUT2D eigenvalue weighted by atomic mass is 35.5. The van der Waals surface area contributed by atoms with Gasteiger partial charge in [-0.05, 0) is 19.3 Å². The van der Waals surface area contributed by atoms with Crippen LogP contribution in [0.3, 0.4) is 0 Å². The van der Waals surface area contributed by atoms with Crippen LogP contribution in [0.4, 0.5) is 0 Å². The predicted molar refractivity (Wildman–Crippen MR) is 61.2 cm³/mol. The zero-order valence-corrected chi connectivity index (χ0v) is 10.2. The van der Waals surface area contributed by atoms with Crippen molar-refractivity contribution >= 4 is 23.4 Å². The van der Waals surface area contributed by atoms with Crippen LogP contribution in [0.5, 0.6) is 0 Å². The molecule has 0 bridgehead atoms. The van der Waals surface area contributed by atoms with Gasteiger partial charge in [-0.15, -0.1) is 11.6 Å². The largest absolute Gasteiger partial charge is 0.340 e. The lowest BCUT2D eigenvalue weighted by Crippen LogP contribution is -2.43. The summed E-state index contributed by atoms with van der Waals surface area (Å²) in [5.41, 5.74) is 0. The average Bonchev–Trinajstić information content (AvgIpc) is 2.94. The van der Waals surface area contributed by atoms with Crippen LogP contribution in [0.2, 0.25) is 0 Å². The van der Waals surface area contributed by atoms with E-state index in [-0.39, 0.29) is 23.7 Å². The van der Waals surface area contributed by atoms with Crippen molar-refractivity contribution in [2.24, 2.45) is 0 Å². The van der Waals surface area contributed by atoms with Crippen LogP contribution in [-0.2, 0) is 9.59 Å². The highest BCUT2D eigenvalue weighted by molar-refractivity contribution is 6.27. The molecule has 1 heterocycles. The van der Waals surface area contributed by atoms with Crippen molar-refractivity contribution < 1.29 is 9.59 Å². The third-order valence-corrected chi connectivity index (χ3v) is 3.56. The van der Waals surface area contributed by atoms with Gasteiger partial charge in [-0.3, -0.25) is 9.59 Å². The van der Waals surface area contributed by atoms with Crippen LogP contribution >= 0.6 is 11.6 Å². The van der Waals surface area contributed by atoms with E-state index < -0.39 is 0 Å². The summed E-state index contributed by atoms with van der Waals surface area (Å²) < 4.78 is 0. The van der Waals surface area contributed by atoms with Crippen LogP contribution in [0.25, 0.3) is 0 Å². The van der Waals surface area contributed by atoms with Gasteiger partial charge in [-0.2, -0.15) is 0 Å². The summed E-state index contributed by atoms with van der Waals surface area (Å²) in [4.78, 5) is 26.7. The van der Waals surface area contributed by atoms with E-state index in [1.54, 1.807) is 11.8 Å². The molecule has 0 spiro atoms. The van der Waals surface area contributed by atoms with Gasteiger partial charge in [-0.1, -0.05) is 0 Å². The second kappa shape index (κ2) is 4.62. The number of likely N-dealkylation sites (tertiary alicyclic amines) is 1. The standard InChI is InChI=1S/C11H17ClN2O2/c1-8(15)14(9-2-3-9)10-4-5-13(7-10)11(16)6-12/h9-10H,2-7H2,1H3/t10-/m1/s1. The quantitative estimate of drug-likeness (QED) is 0.691. The highest BCUT2D eigenvalue weighted by Gasteiger charge is 2.39. The van der Waals surface area contributed by atoms with E-state index >= 15 is 0 Å². The zero-order chi connectivity index (χ0) is 11.7. The molecule has 0 aromatic rings. The third-order valence-electron chi connectivity index (χ3n) is 3.33. The summed E-state index contributed by atoms with van der Waals surface area (Å²) in [7, 11) is 0. The Labute approximate surface area is 101 Å². The maximum atomic E-state index is 11.6. The van der Waals surface area contributed by atoms with Gasteiger partial charge in [0.05, 0.1) is 6.04 Å². The Bertz CT molecular complexity index is 304. The lowest BCUT2D eigenvalue weighted by Gasteiger charge is -2.28. The van der Waals surface area contributed by atoms with E-state index in [1.807, 2.05) is 4.90 Å². The number of hydrogen-bond acceptors (Lipinski definition) is 2. The highest BCUT2D eigenvalue weighted by Crippen LogP contribution is 2.31. The van der Waals surface area contributed by atoms with Gasteiger partial charge in [0.2, 0.25) is 11.8 Å². The Hall–Kier alpha value is -0.770. The second-order valence-corrected chi connectivity index (χ2v) is 4.84. The maximum absolute atomic E-state index is 11.6. The van der Waals surface area contributed by atoms with E-state index in [4.69, 9.17) is 11.6 Å². The average molecular weight is 245 g/mol. The van der Waals surface area contributed by atoms with Crippen molar-refractivity contribution in [2.75, 3.05) is 19.0 Å². The third kappa shape index (κ3) is 2.32. The first kappa shape index (κ1) is 11.7. The van der Waals surface area contributed by atoms with Crippen LogP contribution < -0.4 is 0 Å². The number of carbonyl (C=O) groups excluding carboxylic acids is 2. The van der Waals surface area contributed by atoms with E-state index in [2.05, 4.69) is 0 Å². The monoisotopic (exact) mass is 244 g/mol. The smallest absolute Gasteiger partial charge is 0.237 e. The van der Waals surface area contributed by atoms with Crippen molar-refractivity contribution in [1.29, 1.82) is 0 Å². The summed E-state index contributed by atoms with van der Waals surface area (Å²) in [5.74, 6) is 0.145. The Morgan fingerprint density at radius 2 is 2.00 bits per heavy atom. The second-order valence-electron chi connectivity index (χ2n) is 4.57. The molecule has 16 heavy (non-hydrogen) atoms. The van der Waals surface area contributed by atoms with Crippen molar-refractivity contribution in [3.8, 4) is 0 Å². The molecule has 0 radical (unpaired) electrons. The fourth-order valence-electron chi connectivity index (χ4n) is 2.44. The minimum absolute atomic E-state index is 0.0246. The summed E-state index contributed by atoms with van der Waals surface area (Å²) >= 11 is 5.53. The first-order valence-electron chi connectivity index (χ1n) is 5.76. The lowest BCUT2D eigenvalue weighted by atomic mass is 10.2. The molecule has 2 aliphatic rings. The van der Waals surface area contributed by atoms with Crippen LogP contribution in [-0.4, -0.2) is 52.7 Å². The lowest BCUT2D eigenvalue weighted by molar-refractivity contribution is -0.133. The number of rotatable bonds is 3. The van der Waals surface area contributed by atoms with E-state index in [1.165, 1.54) is 0 Å². The fourth-order valence-corrected chi connectivity index (χ4v) is 2.61. The maximum Gasteiger partial charge on any atom is 0.237 e. The number of alkyl halides is 1. The first-order valence-corrected chi connectivity index (χ1v) is 6.29. The molecule has 4 nitrogen and oxygen atoms in total. The fraction of sp³-hybridized carbons (Fsp3) is 0.818. The van der Waals surface area contributed by atoms with Gasteiger partial charge in [0.1, 0.15) is 5.88 Å². The Morgan fingerprint density at radius 3 is 2.50 bits per heavy atom. The number of nitrogens with zero attached hydrogens (tertiary/aromatic N) is 2. The molecule has 2 rings (SSSR count). The molecule has 90 valence electrons. The Morgan fingerprint density at radius 1 is 1.31 bits per heavy atom. The van der Waals surface area contributed by atoms with Gasteiger partial charge in [0.25, 0.3) is 0 Å². The minimum atomic E-state index is -0.0246. The summed E-state index contributed by atoms with van der Waals surface area (Å²) in [6.45, 7) is 3.00. The molecule has 1 aliphatic heterocycles. The van der Waals surface area contributed by atoms with Gasteiger partial charge in [-0.25, -0.2) is 0 Å². The molecule has 2 amide bonds. The van der Waals surface area contributed by atoms with Gasteiger partial charge < -0.3 is 9.80 Å². The number of carbonyl (C=O) groups is 2. The van der Waals surface area contributed by atoms with E-state index in [0.29, 0.717) is 12.6 Å². The van der Waals surface area contributed by atoms with Crippen molar-refractivity contribution in [3.63, 3.8) is 0 Å². The first-order chi connectivity index (χ1) is 7.63. The predicted octanol–water partition coefficient (Wildman–Crippen LogP) is 0.837. The normalized spacial score (nSPS) is 24.6. The SMILES string of the molecule is CC(=O)N(C1CC1)[C@@H]1CCN(C(=O)CCl)C1. The van der Waals surface area contributed by atoms with E-state index in [9.17, 15) is 9.59 Å². The zero-order valence-electron chi connectivity index (χ0n) is 9.49. The molecular weight excluding hydrogens is 228 g/mol. The van der Waals surface area contributed by atoms with Gasteiger partial charge in [0.15, 0.2) is 0 Å². The number of halogens is 1. The van der Waals surface area contributed by atoms with Crippen LogP contribution in [0, 0.1) is 0 Å². The minimum Gasteiger partial charge on any atom is -0.340 e. The summed E-state index contributed by atoms with van der Waals surface area (Å²) in [5, 5.41) is 0. The van der Waals surface area contributed by atoms with Crippen molar-refractivity contribution in [2.45, 2.75) is 38.3 Å². The summed E-state index contributed by atoms with van der Waals surface area (Å²) in [6, 6.07) is 0.630. The molecule has 5 heteroatoms. The molecule has 1 saturated carbocycles. The molecule has 0 N–H and O–H groups in total. The number of amides is 2. The molecule has 0 unspecified atom stereocenters. The summed E-state index contributed by atoms with van der Waals surface area (Å²) in [6.07, 6.45) is 3.11. The Balaban J connectivity index is 1.96. The van der Waals surface area contributed by atoms with Gasteiger partial charge in [0, 0.05) is 26.1 Å². The van der Waals surface area contributed by atoms with Crippen molar-refractivity contribution in [3.05, 3.63) is 0 Å². The number of hydrogen-bond donors (Lipinski definition) is 0. The molecular formula is C11H17ClN2O2. The van der Waals surface area contributed by atoms with E-state index in [0.717, 1.165) is 25.8 Å². The molecule has 0 aromatic heterocycles. The van der Waals surface area contributed by atoms with Crippen LogP contribution in [0.1, 0.15) is 26.2 Å². The molecule has 2 fully saturated rings.